The van der Waals surface area contributed by atoms with Crippen molar-refractivity contribution in [3.05, 3.63) is 65.0 Å². The first kappa shape index (κ1) is 14.6. The number of benzene rings is 1. The molecule has 1 aromatic carbocycles. The minimum atomic E-state index is -0.957. The zero-order chi connectivity index (χ0) is 14.5. The highest BCUT2D eigenvalue weighted by Crippen LogP contribution is 2.15. The Balaban J connectivity index is 1.88. The number of aromatic nitrogens is 1. The van der Waals surface area contributed by atoms with Gasteiger partial charge in [0.05, 0.1) is 11.8 Å². The van der Waals surface area contributed by atoms with Gasteiger partial charge in [-0.25, -0.2) is 8.78 Å². The van der Waals surface area contributed by atoms with E-state index in [2.05, 4.69) is 10.3 Å². The number of hydrogen-bond donors (Lipinski definition) is 2. The van der Waals surface area contributed by atoms with Crippen LogP contribution in [0.2, 0.25) is 0 Å². The summed E-state index contributed by atoms with van der Waals surface area (Å²) < 4.78 is 25.8. The summed E-state index contributed by atoms with van der Waals surface area (Å²) in [6, 6.07) is 9.08. The molecular formula is C15H16F2N2O. The summed E-state index contributed by atoms with van der Waals surface area (Å²) in [7, 11) is 0. The Kier molecular flexibility index (Phi) is 4.76. The van der Waals surface area contributed by atoms with Crippen LogP contribution in [0.25, 0.3) is 0 Å². The first-order valence-corrected chi connectivity index (χ1v) is 6.32. The van der Waals surface area contributed by atoms with Crippen molar-refractivity contribution in [1.29, 1.82) is 0 Å². The van der Waals surface area contributed by atoms with Gasteiger partial charge < -0.3 is 10.4 Å². The van der Waals surface area contributed by atoms with Crippen molar-refractivity contribution in [3.63, 3.8) is 0 Å². The molecule has 2 aromatic rings. The molecule has 0 amide bonds. The van der Waals surface area contributed by atoms with E-state index >= 15 is 0 Å². The van der Waals surface area contributed by atoms with Crippen molar-refractivity contribution in [1.82, 2.24) is 10.3 Å². The topological polar surface area (TPSA) is 45.1 Å². The summed E-state index contributed by atoms with van der Waals surface area (Å²) in [5.74, 6) is -1.88. The van der Waals surface area contributed by atoms with Crippen molar-refractivity contribution in [3.8, 4) is 0 Å². The smallest absolute Gasteiger partial charge is 0.159 e. The second-order valence-corrected chi connectivity index (χ2v) is 4.59. The van der Waals surface area contributed by atoms with Crippen molar-refractivity contribution in [2.45, 2.75) is 19.6 Å². The second-order valence-electron chi connectivity index (χ2n) is 4.59. The molecule has 0 aliphatic heterocycles. The van der Waals surface area contributed by atoms with Gasteiger partial charge in [0.25, 0.3) is 0 Å². The van der Waals surface area contributed by atoms with Gasteiger partial charge in [-0.15, -0.1) is 0 Å². The minimum Gasteiger partial charge on any atom is -0.387 e. The normalized spacial score (nSPS) is 12.4. The van der Waals surface area contributed by atoms with Crippen LogP contribution in [0, 0.1) is 18.6 Å². The minimum absolute atomic E-state index is 0.237. The quantitative estimate of drug-likeness (QED) is 0.883. The van der Waals surface area contributed by atoms with Crippen molar-refractivity contribution < 1.29 is 13.9 Å². The van der Waals surface area contributed by atoms with E-state index < -0.39 is 17.7 Å². The van der Waals surface area contributed by atoms with E-state index in [1.807, 2.05) is 25.1 Å². The molecule has 0 radical (unpaired) electrons. The summed E-state index contributed by atoms with van der Waals surface area (Å²) in [6.45, 7) is 2.64. The number of nitrogens with zero attached hydrogens (tertiary/aromatic N) is 1. The summed E-state index contributed by atoms with van der Waals surface area (Å²) in [4.78, 5) is 4.31. The predicted molar refractivity (Wildman–Crippen MR) is 72.0 cm³/mol. The lowest BCUT2D eigenvalue weighted by atomic mass is 10.1. The molecule has 3 nitrogen and oxygen atoms in total. The van der Waals surface area contributed by atoms with Gasteiger partial charge >= 0.3 is 0 Å². The third-order valence-corrected chi connectivity index (χ3v) is 2.92. The van der Waals surface area contributed by atoms with Crippen LogP contribution in [0.4, 0.5) is 8.78 Å². The van der Waals surface area contributed by atoms with Gasteiger partial charge in [0, 0.05) is 18.8 Å². The van der Waals surface area contributed by atoms with Crippen LogP contribution >= 0.6 is 0 Å². The summed E-state index contributed by atoms with van der Waals surface area (Å²) in [5.41, 5.74) is 2.13. The van der Waals surface area contributed by atoms with Crippen molar-refractivity contribution in [2.24, 2.45) is 0 Å². The molecule has 0 aliphatic rings. The number of rotatable bonds is 5. The summed E-state index contributed by atoms with van der Waals surface area (Å²) in [6.07, 6.45) is -0.894. The van der Waals surface area contributed by atoms with Crippen LogP contribution in [0.1, 0.15) is 23.1 Å². The molecule has 0 aliphatic carbocycles. The molecule has 2 rings (SSSR count). The molecular weight excluding hydrogens is 262 g/mol. The molecule has 0 saturated carbocycles. The maximum absolute atomic E-state index is 13.1. The molecule has 1 atom stereocenters. The van der Waals surface area contributed by atoms with Crippen LogP contribution in [-0.2, 0) is 6.54 Å². The Bertz CT molecular complexity index is 590. The zero-order valence-electron chi connectivity index (χ0n) is 11.1. The largest absolute Gasteiger partial charge is 0.387 e. The van der Waals surface area contributed by atoms with Crippen molar-refractivity contribution >= 4 is 0 Å². The zero-order valence-corrected chi connectivity index (χ0v) is 11.1. The fraction of sp³-hybridized carbons (Fsp3) is 0.267. The number of pyridine rings is 1. The van der Waals surface area contributed by atoms with E-state index in [9.17, 15) is 13.9 Å². The van der Waals surface area contributed by atoms with Gasteiger partial charge in [0.1, 0.15) is 0 Å². The van der Waals surface area contributed by atoms with Gasteiger partial charge in [-0.1, -0.05) is 12.1 Å². The number of hydrogen-bond acceptors (Lipinski definition) is 3. The van der Waals surface area contributed by atoms with Gasteiger partial charge in [0.2, 0.25) is 0 Å². The van der Waals surface area contributed by atoms with Gasteiger partial charge in [-0.2, -0.15) is 0 Å². The molecule has 1 unspecified atom stereocenters. The van der Waals surface area contributed by atoms with Gasteiger partial charge in [-0.3, -0.25) is 4.98 Å². The number of nitrogens with one attached hydrogen (secondary N) is 1. The molecule has 20 heavy (non-hydrogen) atoms. The molecule has 0 fully saturated rings. The number of halogens is 2. The summed E-state index contributed by atoms with van der Waals surface area (Å²) in [5, 5.41) is 12.9. The first-order valence-electron chi connectivity index (χ1n) is 6.32. The fourth-order valence-corrected chi connectivity index (χ4v) is 1.87. The highest BCUT2D eigenvalue weighted by atomic mass is 19.2. The van der Waals surface area contributed by atoms with E-state index in [-0.39, 0.29) is 6.54 Å². The van der Waals surface area contributed by atoms with Gasteiger partial charge in [-0.05, 0) is 36.8 Å². The van der Waals surface area contributed by atoms with Crippen LogP contribution in [-0.4, -0.2) is 16.6 Å². The van der Waals surface area contributed by atoms with E-state index in [0.717, 1.165) is 23.5 Å². The predicted octanol–water partition coefficient (Wildman–Crippen LogP) is 2.49. The molecule has 1 aromatic heterocycles. The third kappa shape index (κ3) is 3.82. The lowest BCUT2D eigenvalue weighted by Gasteiger charge is -2.12. The third-order valence-electron chi connectivity index (χ3n) is 2.92. The molecule has 106 valence electrons. The SMILES string of the molecule is Cc1cccc(CNCC(O)c2ccc(F)c(F)c2)n1. The average molecular weight is 278 g/mol. The van der Waals surface area contributed by atoms with E-state index in [4.69, 9.17) is 0 Å². The van der Waals surface area contributed by atoms with Crippen LogP contribution in [0.5, 0.6) is 0 Å². The Morgan fingerprint density at radius 3 is 2.70 bits per heavy atom. The van der Waals surface area contributed by atoms with Crippen molar-refractivity contribution in [2.75, 3.05) is 6.54 Å². The Morgan fingerprint density at radius 2 is 2.00 bits per heavy atom. The molecule has 0 bridgehead atoms. The molecule has 0 saturated heterocycles. The highest BCUT2D eigenvalue weighted by molar-refractivity contribution is 5.20. The number of aliphatic hydroxyl groups excluding tert-OH is 1. The van der Waals surface area contributed by atoms with E-state index in [1.54, 1.807) is 0 Å². The van der Waals surface area contributed by atoms with Crippen LogP contribution in [0.3, 0.4) is 0 Å². The Labute approximate surface area is 116 Å². The molecule has 0 spiro atoms. The monoisotopic (exact) mass is 278 g/mol. The molecule has 5 heteroatoms. The lowest BCUT2D eigenvalue weighted by molar-refractivity contribution is 0.173. The fourth-order valence-electron chi connectivity index (χ4n) is 1.87. The first-order chi connectivity index (χ1) is 9.56. The van der Waals surface area contributed by atoms with Crippen LogP contribution < -0.4 is 5.32 Å². The number of aliphatic hydroxyl groups is 1. The average Bonchev–Trinajstić information content (AvgIpc) is 2.42. The molecule has 2 N–H and O–H groups in total. The number of aryl methyl sites for hydroxylation is 1. The van der Waals surface area contributed by atoms with Gasteiger partial charge in [0.15, 0.2) is 11.6 Å². The Morgan fingerprint density at radius 1 is 1.20 bits per heavy atom. The van der Waals surface area contributed by atoms with E-state index in [0.29, 0.717) is 12.1 Å². The maximum atomic E-state index is 13.1. The van der Waals surface area contributed by atoms with Crippen LogP contribution in [0.15, 0.2) is 36.4 Å². The maximum Gasteiger partial charge on any atom is 0.159 e. The standard InChI is InChI=1S/C15H16F2N2O/c1-10-3-2-4-12(19-10)8-18-9-15(20)11-5-6-13(16)14(17)7-11/h2-7,15,18,20H,8-9H2,1H3. The lowest BCUT2D eigenvalue weighted by Crippen LogP contribution is -2.21. The highest BCUT2D eigenvalue weighted by Gasteiger charge is 2.10. The second kappa shape index (κ2) is 6.54. The van der Waals surface area contributed by atoms with E-state index in [1.165, 1.54) is 6.07 Å². The summed E-state index contributed by atoms with van der Waals surface area (Å²) >= 11 is 0. The molecule has 1 heterocycles. The Hall–Kier alpha value is -1.85.